The van der Waals surface area contributed by atoms with E-state index < -0.39 is 5.97 Å². The number of amides is 2. The summed E-state index contributed by atoms with van der Waals surface area (Å²) < 4.78 is 10.4. The minimum atomic E-state index is -0.718. The van der Waals surface area contributed by atoms with Gasteiger partial charge in [-0.3, -0.25) is 9.59 Å². The molecule has 6 nitrogen and oxygen atoms in total. The Morgan fingerprint density at radius 2 is 1.81 bits per heavy atom. The fourth-order valence-corrected chi connectivity index (χ4v) is 4.60. The predicted octanol–water partition coefficient (Wildman–Crippen LogP) is 3.46. The zero-order valence-corrected chi connectivity index (χ0v) is 14.8. The van der Waals surface area contributed by atoms with E-state index in [4.69, 9.17) is 20.8 Å². The number of hydrogen-bond donors (Lipinski definition) is 0. The highest BCUT2D eigenvalue weighted by Gasteiger charge is 2.60. The topological polar surface area (TPSA) is 76.8 Å². The minimum Gasteiger partial charge on any atom is -0.457 e. The molecule has 2 aliphatic carbocycles. The number of esters is 1. The Kier molecular flexibility index (Phi) is 3.52. The van der Waals surface area contributed by atoms with Crippen LogP contribution in [0.3, 0.4) is 0 Å². The molecule has 1 aromatic carbocycles. The highest BCUT2D eigenvalue weighted by atomic mass is 35.5. The molecule has 0 spiro atoms. The van der Waals surface area contributed by atoms with E-state index in [1.54, 1.807) is 6.07 Å². The lowest BCUT2D eigenvalue weighted by Crippen LogP contribution is -2.33. The summed E-state index contributed by atoms with van der Waals surface area (Å²) in [7, 11) is 0. The summed E-state index contributed by atoms with van der Waals surface area (Å²) in [6.45, 7) is 0. The summed E-state index contributed by atoms with van der Waals surface area (Å²) in [5.41, 5.74) is 0.186. The molecule has 2 fully saturated rings. The van der Waals surface area contributed by atoms with Gasteiger partial charge in [0.1, 0.15) is 0 Å². The Labute approximate surface area is 159 Å². The molecule has 27 heavy (non-hydrogen) atoms. The van der Waals surface area contributed by atoms with E-state index >= 15 is 0 Å². The van der Waals surface area contributed by atoms with Gasteiger partial charge in [0, 0.05) is 5.02 Å². The van der Waals surface area contributed by atoms with Crippen molar-refractivity contribution in [1.82, 2.24) is 0 Å². The number of furan rings is 1. The lowest BCUT2D eigenvalue weighted by molar-refractivity contribution is -0.123. The number of hydrogen-bond acceptors (Lipinski definition) is 5. The van der Waals surface area contributed by atoms with Crippen molar-refractivity contribution in [1.29, 1.82) is 0 Å². The Hall–Kier alpha value is -2.86. The van der Waals surface area contributed by atoms with Crippen LogP contribution in [0.15, 0.2) is 53.2 Å². The van der Waals surface area contributed by atoms with E-state index in [1.807, 2.05) is 12.2 Å². The monoisotopic (exact) mass is 383 g/mol. The molecule has 0 unspecified atom stereocenters. The number of carbonyl (C=O) groups is 3. The van der Waals surface area contributed by atoms with Crippen molar-refractivity contribution in [3.8, 4) is 5.75 Å². The van der Waals surface area contributed by atoms with E-state index in [1.165, 1.54) is 30.5 Å². The zero-order valence-electron chi connectivity index (χ0n) is 14.0. The lowest BCUT2D eigenvalue weighted by Gasteiger charge is -2.20. The quantitative estimate of drug-likeness (QED) is 0.351. The molecular formula is C20H14ClNO5. The van der Waals surface area contributed by atoms with Gasteiger partial charge in [0.15, 0.2) is 5.75 Å². The zero-order chi connectivity index (χ0) is 18.7. The summed E-state index contributed by atoms with van der Waals surface area (Å²) in [6, 6.07) is 7.51. The molecule has 4 atom stereocenters. The summed E-state index contributed by atoms with van der Waals surface area (Å²) in [5.74, 6) is -1.65. The average Bonchev–Trinajstić information content (AvgIpc) is 3.42. The van der Waals surface area contributed by atoms with Crippen molar-refractivity contribution in [2.45, 2.75) is 6.42 Å². The standard InChI is InChI=1S/C20H14ClNO5/c21-12-5-6-14(27-20(25)15-2-1-7-26-15)13(9-12)22-18(23)16-10-3-4-11(8-10)17(16)19(22)24/h1-7,9-11,16-17H,8H2/t10-,11-,16-,17-/m0/s1. The highest BCUT2D eigenvalue weighted by Crippen LogP contribution is 2.54. The number of ether oxygens (including phenoxy) is 1. The van der Waals surface area contributed by atoms with Crippen LogP contribution >= 0.6 is 11.6 Å². The SMILES string of the molecule is O=C(Oc1ccc(Cl)cc1N1C(=O)[C@@H]2[C@@H](C1=O)[C@H]1C=C[C@H]2C1)c1ccco1. The van der Waals surface area contributed by atoms with Crippen molar-refractivity contribution >= 4 is 35.1 Å². The van der Waals surface area contributed by atoms with Crippen LogP contribution in [0.1, 0.15) is 17.0 Å². The van der Waals surface area contributed by atoms with E-state index in [2.05, 4.69) is 0 Å². The Morgan fingerprint density at radius 1 is 1.11 bits per heavy atom. The molecule has 136 valence electrons. The molecule has 0 radical (unpaired) electrons. The van der Waals surface area contributed by atoms with Gasteiger partial charge in [-0.1, -0.05) is 23.8 Å². The number of allylic oxidation sites excluding steroid dienone is 2. The van der Waals surface area contributed by atoms with Crippen LogP contribution in [0.2, 0.25) is 5.02 Å². The van der Waals surface area contributed by atoms with E-state index in [-0.39, 0.29) is 52.7 Å². The molecule has 3 aliphatic rings. The predicted molar refractivity (Wildman–Crippen MR) is 95.3 cm³/mol. The highest BCUT2D eigenvalue weighted by molar-refractivity contribution is 6.31. The molecular weight excluding hydrogens is 370 g/mol. The van der Waals surface area contributed by atoms with Crippen LogP contribution in [0.5, 0.6) is 5.75 Å². The van der Waals surface area contributed by atoms with Crippen LogP contribution in [0.25, 0.3) is 0 Å². The lowest BCUT2D eigenvalue weighted by atomic mass is 9.85. The average molecular weight is 384 g/mol. The first-order valence-corrected chi connectivity index (χ1v) is 9.04. The largest absolute Gasteiger partial charge is 0.457 e. The summed E-state index contributed by atoms with van der Waals surface area (Å²) in [4.78, 5) is 39.4. The maximum Gasteiger partial charge on any atom is 0.379 e. The van der Waals surface area contributed by atoms with Crippen LogP contribution in [-0.2, 0) is 9.59 Å². The fourth-order valence-electron chi connectivity index (χ4n) is 4.44. The molecule has 2 bridgehead atoms. The number of benzene rings is 1. The molecule has 2 amide bonds. The molecule has 1 aliphatic heterocycles. The summed E-state index contributed by atoms with van der Waals surface area (Å²) >= 11 is 6.10. The molecule has 2 aromatic rings. The van der Waals surface area contributed by atoms with E-state index in [9.17, 15) is 14.4 Å². The molecule has 5 rings (SSSR count). The second-order valence-electron chi connectivity index (χ2n) is 6.99. The molecule has 1 saturated heterocycles. The van der Waals surface area contributed by atoms with Crippen molar-refractivity contribution in [2.24, 2.45) is 23.7 Å². The third-order valence-electron chi connectivity index (χ3n) is 5.56. The van der Waals surface area contributed by atoms with Gasteiger partial charge in [-0.2, -0.15) is 0 Å². The van der Waals surface area contributed by atoms with Gasteiger partial charge in [-0.25, -0.2) is 9.69 Å². The normalized spacial score (nSPS) is 28.1. The maximum atomic E-state index is 13.0. The Morgan fingerprint density at radius 3 is 2.44 bits per heavy atom. The van der Waals surface area contributed by atoms with Crippen molar-refractivity contribution in [3.63, 3.8) is 0 Å². The van der Waals surface area contributed by atoms with Crippen molar-refractivity contribution in [2.75, 3.05) is 4.90 Å². The third-order valence-corrected chi connectivity index (χ3v) is 5.79. The van der Waals surface area contributed by atoms with Gasteiger partial charge < -0.3 is 9.15 Å². The number of anilines is 1. The maximum absolute atomic E-state index is 13.0. The Balaban J connectivity index is 1.52. The first-order valence-electron chi connectivity index (χ1n) is 8.66. The fraction of sp³-hybridized carbons (Fsp3) is 0.250. The van der Waals surface area contributed by atoms with Crippen LogP contribution in [0, 0.1) is 23.7 Å². The number of rotatable bonds is 3. The molecule has 0 N–H and O–H groups in total. The van der Waals surface area contributed by atoms with Gasteiger partial charge in [-0.15, -0.1) is 0 Å². The number of carbonyl (C=O) groups excluding carboxylic acids is 3. The van der Waals surface area contributed by atoms with Gasteiger partial charge in [0.05, 0.1) is 23.8 Å². The second-order valence-corrected chi connectivity index (χ2v) is 7.43. The molecule has 1 aromatic heterocycles. The third kappa shape index (κ3) is 2.36. The number of fused-ring (bicyclic) bond motifs is 5. The number of nitrogens with zero attached hydrogens (tertiary/aromatic N) is 1. The first-order chi connectivity index (χ1) is 13.0. The number of halogens is 1. The first kappa shape index (κ1) is 16.3. The number of imide groups is 1. The second kappa shape index (κ2) is 5.82. The van der Waals surface area contributed by atoms with Gasteiger partial charge in [0.25, 0.3) is 0 Å². The van der Waals surface area contributed by atoms with Crippen LogP contribution in [-0.4, -0.2) is 17.8 Å². The summed E-state index contributed by atoms with van der Waals surface area (Å²) in [6.07, 6.45) is 6.25. The van der Waals surface area contributed by atoms with Crippen LogP contribution in [0.4, 0.5) is 5.69 Å². The van der Waals surface area contributed by atoms with Crippen molar-refractivity contribution in [3.05, 3.63) is 59.5 Å². The van der Waals surface area contributed by atoms with Gasteiger partial charge >= 0.3 is 5.97 Å². The van der Waals surface area contributed by atoms with Crippen LogP contribution < -0.4 is 9.64 Å². The minimum absolute atomic E-state index is 0.0223. The Bertz CT molecular complexity index is 966. The molecule has 7 heteroatoms. The van der Waals surface area contributed by atoms with E-state index in [0.29, 0.717) is 5.02 Å². The molecule has 2 heterocycles. The van der Waals surface area contributed by atoms with Gasteiger partial charge in [-0.05, 0) is 48.6 Å². The van der Waals surface area contributed by atoms with Crippen molar-refractivity contribution < 1.29 is 23.5 Å². The molecule has 1 saturated carbocycles. The smallest absolute Gasteiger partial charge is 0.379 e. The summed E-state index contributed by atoms with van der Waals surface area (Å²) in [5, 5.41) is 0.335. The van der Waals surface area contributed by atoms with E-state index in [0.717, 1.165) is 11.3 Å². The van der Waals surface area contributed by atoms with Gasteiger partial charge in [0.2, 0.25) is 17.6 Å².